The van der Waals surface area contributed by atoms with Crippen LogP contribution < -0.4 is 32.2 Å². The molecular weight excluding hydrogens is 386 g/mol. The number of halogens is 1. The van der Waals surface area contributed by atoms with Gasteiger partial charge in [0.15, 0.2) is 17.8 Å². The lowest BCUT2D eigenvalue weighted by molar-refractivity contribution is -0.697. The number of carbonyl (C=O) groups is 3. The van der Waals surface area contributed by atoms with Gasteiger partial charge in [-0.1, -0.05) is 36.4 Å². The van der Waals surface area contributed by atoms with E-state index in [0.717, 1.165) is 0 Å². The molecule has 0 saturated carbocycles. The molecule has 1 fully saturated rings. The number of carbonyl (C=O) groups excluding carboxylic acids is 3. The second-order valence-electron chi connectivity index (χ2n) is 5.73. The highest BCUT2D eigenvalue weighted by Crippen LogP contribution is 2.32. The van der Waals surface area contributed by atoms with Crippen LogP contribution in [0.4, 0.5) is 4.79 Å². The summed E-state index contributed by atoms with van der Waals surface area (Å²) in [5.74, 6) is -1.14. The largest absolute Gasteiger partial charge is 1.00 e. The Hall–Kier alpha value is -2.54. The van der Waals surface area contributed by atoms with Gasteiger partial charge in [0.05, 0.1) is 0 Å². The number of amides is 4. The molecular formula is C18H18BrN3O3. The number of pyridine rings is 1. The van der Waals surface area contributed by atoms with Gasteiger partial charge in [0.2, 0.25) is 11.8 Å². The molecule has 0 bridgehead atoms. The molecule has 1 aliphatic heterocycles. The fraction of sp³-hybridized carbons (Fsp3) is 0.222. The summed E-state index contributed by atoms with van der Waals surface area (Å²) in [6, 6.07) is 13.9. The average Bonchev–Trinajstić information content (AvgIpc) is 2.59. The van der Waals surface area contributed by atoms with Gasteiger partial charge in [-0.05, 0) is 12.0 Å². The van der Waals surface area contributed by atoms with Gasteiger partial charge < -0.3 is 17.0 Å². The van der Waals surface area contributed by atoms with E-state index in [9.17, 15) is 14.4 Å². The monoisotopic (exact) mass is 403 g/mol. The molecule has 1 aliphatic rings. The first kappa shape index (κ1) is 18.8. The normalized spacial score (nSPS) is 15.8. The second-order valence-corrected chi connectivity index (χ2v) is 5.73. The zero-order chi connectivity index (χ0) is 17.0. The third-order valence-corrected chi connectivity index (χ3v) is 4.24. The number of hydrogen-bond acceptors (Lipinski definition) is 3. The molecule has 7 heteroatoms. The van der Waals surface area contributed by atoms with Crippen molar-refractivity contribution in [3.63, 3.8) is 0 Å². The van der Waals surface area contributed by atoms with E-state index in [2.05, 4.69) is 10.6 Å². The number of imide groups is 2. The van der Waals surface area contributed by atoms with Crippen molar-refractivity contribution in [1.82, 2.24) is 10.6 Å². The molecule has 2 aromatic rings. The van der Waals surface area contributed by atoms with Crippen molar-refractivity contribution in [2.24, 2.45) is 0 Å². The summed E-state index contributed by atoms with van der Waals surface area (Å²) in [5.41, 5.74) is -0.796. The number of aryl methyl sites for hydroxylation is 1. The Balaban J connectivity index is 0.00000225. The molecule has 1 saturated heterocycles. The molecule has 6 nitrogen and oxygen atoms in total. The first-order valence-corrected chi connectivity index (χ1v) is 7.79. The Bertz CT molecular complexity index is 746. The highest BCUT2D eigenvalue weighted by molar-refractivity contribution is 6.22. The summed E-state index contributed by atoms with van der Waals surface area (Å²) < 4.78 is 1.99. The van der Waals surface area contributed by atoms with E-state index < -0.39 is 23.3 Å². The lowest BCUT2D eigenvalue weighted by atomic mass is 9.74. The van der Waals surface area contributed by atoms with E-state index in [1.165, 1.54) is 0 Å². The van der Waals surface area contributed by atoms with Gasteiger partial charge in [-0.25, -0.2) is 9.36 Å². The van der Waals surface area contributed by atoms with Crippen molar-refractivity contribution in [1.29, 1.82) is 0 Å². The van der Waals surface area contributed by atoms with Gasteiger partial charge in [0, 0.05) is 18.6 Å². The maximum Gasteiger partial charge on any atom is 0.328 e. The fourth-order valence-corrected chi connectivity index (χ4v) is 3.02. The van der Waals surface area contributed by atoms with E-state index in [-0.39, 0.29) is 17.0 Å². The molecule has 1 aromatic carbocycles. The van der Waals surface area contributed by atoms with Crippen molar-refractivity contribution in [3.8, 4) is 0 Å². The summed E-state index contributed by atoms with van der Waals surface area (Å²) in [6.07, 6.45) is 4.78. The molecule has 25 heavy (non-hydrogen) atoms. The van der Waals surface area contributed by atoms with E-state index >= 15 is 0 Å². The average molecular weight is 404 g/mol. The summed E-state index contributed by atoms with van der Waals surface area (Å²) in [6.45, 7) is 0.671. The minimum absolute atomic E-state index is 0. The minimum Gasteiger partial charge on any atom is -1.00 e. The summed E-state index contributed by atoms with van der Waals surface area (Å²) in [5, 5.41) is 4.46. The van der Waals surface area contributed by atoms with Crippen LogP contribution in [0.25, 0.3) is 0 Å². The topological polar surface area (TPSA) is 79.2 Å². The highest BCUT2D eigenvalue weighted by atomic mass is 79.9. The first-order valence-electron chi connectivity index (χ1n) is 7.79. The molecule has 2 heterocycles. The van der Waals surface area contributed by atoms with Crippen LogP contribution in [0.3, 0.4) is 0 Å². The third kappa shape index (κ3) is 3.76. The first-order chi connectivity index (χ1) is 11.6. The van der Waals surface area contributed by atoms with Gasteiger partial charge in [-0.2, -0.15) is 0 Å². The van der Waals surface area contributed by atoms with Crippen LogP contribution in [0, 0.1) is 0 Å². The minimum atomic E-state index is -1.38. The Morgan fingerprint density at radius 2 is 1.40 bits per heavy atom. The van der Waals surface area contributed by atoms with Crippen molar-refractivity contribution >= 4 is 17.8 Å². The lowest BCUT2D eigenvalue weighted by Gasteiger charge is -2.34. The Morgan fingerprint density at radius 1 is 0.840 bits per heavy atom. The van der Waals surface area contributed by atoms with Crippen molar-refractivity contribution in [2.45, 2.75) is 24.8 Å². The van der Waals surface area contributed by atoms with Crippen molar-refractivity contribution < 1.29 is 35.9 Å². The fourth-order valence-electron chi connectivity index (χ4n) is 3.02. The summed E-state index contributed by atoms with van der Waals surface area (Å²) >= 11 is 0. The third-order valence-electron chi connectivity index (χ3n) is 4.24. The van der Waals surface area contributed by atoms with Gasteiger partial charge >= 0.3 is 6.03 Å². The van der Waals surface area contributed by atoms with Crippen molar-refractivity contribution in [3.05, 3.63) is 66.5 Å². The number of nitrogens with one attached hydrogen (secondary N) is 2. The van der Waals surface area contributed by atoms with Crippen LogP contribution in [0.15, 0.2) is 60.9 Å². The molecule has 3 rings (SSSR count). The van der Waals surface area contributed by atoms with E-state index in [0.29, 0.717) is 24.9 Å². The van der Waals surface area contributed by atoms with Gasteiger partial charge in [-0.3, -0.25) is 20.2 Å². The predicted molar refractivity (Wildman–Crippen MR) is 85.7 cm³/mol. The molecule has 0 unspecified atom stereocenters. The van der Waals surface area contributed by atoms with E-state index in [1.54, 1.807) is 24.3 Å². The van der Waals surface area contributed by atoms with E-state index in [4.69, 9.17) is 0 Å². The van der Waals surface area contributed by atoms with Crippen LogP contribution >= 0.6 is 0 Å². The van der Waals surface area contributed by atoms with Crippen LogP contribution in [-0.4, -0.2) is 17.8 Å². The number of aromatic nitrogens is 1. The zero-order valence-electron chi connectivity index (χ0n) is 13.4. The predicted octanol–water partition coefficient (Wildman–Crippen LogP) is -1.94. The molecule has 0 radical (unpaired) electrons. The standard InChI is InChI=1S/C18H17N3O3.BrH/c22-15-18(14-8-3-1-4-9-14,16(23)20-17(24)19-15)10-7-13-21-11-5-2-6-12-21;/h1-6,8-9,11-12H,7,10,13H2,(H-,19,20,22,23,24);1H. The maximum absolute atomic E-state index is 12.6. The molecule has 0 spiro atoms. The van der Waals surface area contributed by atoms with Crippen LogP contribution in [-0.2, 0) is 21.5 Å². The van der Waals surface area contributed by atoms with Crippen molar-refractivity contribution in [2.75, 3.05) is 0 Å². The molecule has 130 valence electrons. The van der Waals surface area contributed by atoms with Crippen LogP contribution in [0.1, 0.15) is 18.4 Å². The maximum atomic E-state index is 12.6. The number of urea groups is 1. The smallest absolute Gasteiger partial charge is 0.328 e. The quantitative estimate of drug-likeness (QED) is 0.450. The van der Waals surface area contributed by atoms with Gasteiger partial charge in [0.1, 0.15) is 6.54 Å². The second kappa shape index (κ2) is 8.02. The van der Waals surface area contributed by atoms with E-state index in [1.807, 2.05) is 41.2 Å². The van der Waals surface area contributed by atoms with Gasteiger partial charge in [-0.15, -0.1) is 0 Å². The molecule has 0 aliphatic carbocycles. The highest BCUT2D eigenvalue weighted by Gasteiger charge is 2.51. The number of barbiturate groups is 1. The van der Waals surface area contributed by atoms with Gasteiger partial charge in [0.25, 0.3) is 0 Å². The number of hydrogen-bond donors (Lipinski definition) is 2. The van der Waals surface area contributed by atoms with Crippen LogP contribution in [0.2, 0.25) is 0 Å². The SMILES string of the molecule is O=C1NC(=O)C(CCC[n+]2ccccc2)(c2ccccc2)C(=O)N1.[Br-]. The number of rotatable bonds is 5. The Kier molecular flexibility index (Phi) is 6.03. The molecule has 0 atom stereocenters. The number of benzene rings is 1. The molecule has 2 N–H and O–H groups in total. The Labute approximate surface area is 156 Å². The Morgan fingerprint density at radius 3 is 2.00 bits per heavy atom. The summed E-state index contributed by atoms with van der Waals surface area (Å²) in [7, 11) is 0. The lowest BCUT2D eigenvalue weighted by Crippen LogP contribution is -3.00. The molecule has 1 aromatic heterocycles. The number of nitrogens with zero attached hydrogens (tertiary/aromatic N) is 1. The van der Waals surface area contributed by atoms with Crippen LogP contribution in [0.5, 0.6) is 0 Å². The zero-order valence-corrected chi connectivity index (χ0v) is 15.0. The molecule has 4 amide bonds. The summed E-state index contributed by atoms with van der Waals surface area (Å²) in [4.78, 5) is 36.6.